The number of allylic oxidation sites excluding steroid dienone is 16. The van der Waals surface area contributed by atoms with E-state index in [0.29, 0.717) is 218 Å². The molecule has 4 unspecified atom stereocenters. The van der Waals surface area contributed by atoms with Gasteiger partial charge in [0, 0.05) is 145 Å². The van der Waals surface area contributed by atoms with Gasteiger partial charge in [0.15, 0.2) is 11.4 Å². The number of carbonyl (C=O) groups excluding carboxylic acids is 1. The topological polar surface area (TPSA) is 620 Å². The summed E-state index contributed by atoms with van der Waals surface area (Å²) in [4.78, 5) is 24.4. The number of unbranched alkanes of at least 4 members (excludes halogenated alkanes) is 4. The van der Waals surface area contributed by atoms with E-state index in [4.69, 9.17) is 57.2 Å². The zero-order valence-electron chi connectivity index (χ0n) is 82.0. The number of Topliss-reactive ketones (excluding diaryl/α,β-unsaturated/α-hetero) is 1. The molecule has 8 rings (SSSR count). The van der Waals surface area contributed by atoms with Gasteiger partial charge in [-0.1, -0.05) is 60.8 Å². The second kappa shape index (κ2) is 57.6. The smallest absolute Gasteiger partial charge is 0.303 e. The standard InChI is InChI=1S/C49H70N2O19S4.C46H64N2O19S4/c1-39(52)13-9-8-12-22-50-44-18-16-40(73(59,60)61)37-42(44)48(2,20-35-71(53,54)55)46(50)14-10-6-5-7-11-15-47-49(3,21-36-72(56,57)58)43-38-41(74(62,63)64)17-19-45(43)51(47)23-24-66-27-28-68-31-32-70-34-33-69-30-29-67-26-25-65-4;1-45(19-32-68(51,52)53)38-34-36(70(57,58)59)15-17-40(38)47(21-11-7-10-14-44(49)50)42(45)12-8-5-4-6-9-13-43-46(2,20-33-69(54,55)56)39-35-37(71(60,61)62)16-18-41(39)48(43)22-23-64-26-27-66-30-31-67-29-28-65-25-24-63-3/h5-7,10-11,14-19,37-38H,8-9,12-13,20-36H2,1-4H3,(H3-,53,54,55,56,57,58,59,60,61,62,63,64);4-6,8-9,12-13,15-18,34-35H,7,10-11,14,19-33H2,1-3H3,(H4-,49,50,51,52,53,54,55,56,57,58,59,60,61,62)/p-4. The molecule has 4 aromatic rings. The van der Waals surface area contributed by atoms with Crippen LogP contribution in [0.15, 0.2) is 189 Å². The first-order valence-electron chi connectivity index (χ1n) is 46.5. The maximum Gasteiger partial charge on any atom is 0.303 e. The van der Waals surface area contributed by atoms with Crippen LogP contribution in [0.3, 0.4) is 0 Å². The summed E-state index contributed by atoms with van der Waals surface area (Å²) >= 11 is 0. The van der Waals surface area contributed by atoms with Gasteiger partial charge in [-0.05, 0) is 170 Å². The van der Waals surface area contributed by atoms with Crippen molar-refractivity contribution in [3.63, 3.8) is 0 Å². The molecular weight excluding hydrogens is 2060 g/mol. The highest BCUT2D eigenvalue weighted by molar-refractivity contribution is 7.87. The van der Waals surface area contributed by atoms with Crippen molar-refractivity contribution >= 4 is 127 Å². The zero-order chi connectivity index (χ0) is 107. The molecule has 4 aliphatic heterocycles. The second-order valence-electron chi connectivity index (χ2n) is 34.9. The first-order chi connectivity index (χ1) is 68.1. The SMILES string of the molecule is COCCOCCOCCOCCOCCN1/C(=C/C=C/C=C/C=C/C2=[N+](CCCCCC(=O)O)c3ccc(S(=O)(=O)[O-])cc3C2(C)CCS(=O)(=O)[O-])C(C)(CCS(=O)(=O)[O-])c2cc(S(=O)(=O)O)ccc21.COCCOCCOCCOCCOCCOCCN1/C(=C/C=C/C=C/C=C/C2=[N+](CCCCCC(C)=O)c3ccc(S(=O)(=O)[O-])cc3C2(C)CCS(=O)(=O)[O-])C(C)(CCS(=O)(=O)[O-])c2cc(S(=O)(=O)O)ccc21. The van der Waals surface area contributed by atoms with E-state index in [1.807, 2.05) is 14.1 Å². The first kappa shape index (κ1) is 124. The minimum Gasteiger partial charge on any atom is -0.748 e. The van der Waals surface area contributed by atoms with Crippen LogP contribution >= 0.6 is 0 Å². The molecule has 0 amide bonds. The van der Waals surface area contributed by atoms with E-state index >= 15 is 0 Å². The lowest BCUT2D eigenvalue weighted by Crippen LogP contribution is -2.33. The fraction of sp³-hybridized carbons (Fsp3) is 0.537. The van der Waals surface area contributed by atoms with Crippen LogP contribution in [-0.4, -0.2) is 337 Å². The third kappa shape index (κ3) is 39.9. The fourth-order valence-corrected chi connectivity index (χ4v) is 21.6. The summed E-state index contributed by atoms with van der Waals surface area (Å²) in [6.07, 6.45) is 25.7. The molecule has 0 bridgehead atoms. The van der Waals surface area contributed by atoms with Crippen molar-refractivity contribution in [1.29, 1.82) is 0 Å². The van der Waals surface area contributed by atoms with Crippen LogP contribution in [0.2, 0.25) is 0 Å². The minimum atomic E-state index is -4.93. The molecule has 0 spiro atoms. The molecule has 4 atom stereocenters. The third-order valence-corrected chi connectivity index (χ3v) is 30.6. The second-order valence-corrected chi connectivity index (χ2v) is 46.6. The lowest BCUT2D eigenvalue weighted by atomic mass is 9.77. The van der Waals surface area contributed by atoms with Crippen LogP contribution < -0.4 is 9.80 Å². The maximum atomic E-state index is 12.3. The Balaban J connectivity index is 0.000000393. The predicted octanol–water partition coefficient (Wildman–Crippen LogP) is 8.03. The van der Waals surface area contributed by atoms with Crippen molar-refractivity contribution < 1.29 is 180 Å². The monoisotopic (exact) mass is 2190 g/mol. The zero-order valence-corrected chi connectivity index (χ0v) is 88.5. The quantitative estimate of drug-likeness (QED) is 0.0163. The largest absolute Gasteiger partial charge is 0.748 e. The Labute approximate surface area is 850 Å². The Hall–Kier alpha value is -8.28. The maximum absolute atomic E-state index is 12.3. The Morgan fingerprint density at radius 2 is 0.621 bits per heavy atom. The number of hydrogen-bond acceptors (Lipinski definition) is 37. The predicted molar refractivity (Wildman–Crippen MR) is 529 cm³/mol. The number of carboxylic acids is 1. The van der Waals surface area contributed by atoms with Crippen LogP contribution in [0.1, 0.15) is 134 Å². The van der Waals surface area contributed by atoms with Crippen molar-refractivity contribution in [3.8, 4) is 0 Å². The van der Waals surface area contributed by atoms with Gasteiger partial charge in [0.1, 0.15) is 39.1 Å². The number of aliphatic carboxylic acids is 1. The number of anilines is 2. The van der Waals surface area contributed by atoms with Crippen molar-refractivity contribution in [2.75, 3.05) is 205 Å². The van der Waals surface area contributed by atoms with Crippen molar-refractivity contribution in [2.24, 2.45) is 0 Å². The van der Waals surface area contributed by atoms with E-state index in [1.165, 1.54) is 73.7 Å². The number of carbonyl (C=O) groups is 2. The number of carboxylic acid groups (broad SMARTS) is 1. The number of fused-ring (bicyclic) bond motifs is 4. The van der Waals surface area contributed by atoms with Gasteiger partial charge in [-0.15, -0.1) is 0 Å². The van der Waals surface area contributed by atoms with Crippen LogP contribution in [-0.2, 0) is 164 Å². The molecule has 0 saturated heterocycles. The lowest BCUT2D eigenvalue weighted by Gasteiger charge is -2.31. The minimum absolute atomic E-state index is 0.0433. The van der Waals surface area contributed by atoms with Crippen LogP contribution in [0.25, 0.3) is 0 Å². The molecule has 0 aliphatic carbocycles. The highest BCUT2D eigenvalue weighted by atomic mass is 32.2. The fourth-order valence-electron chi connectivity index (χ4n) is 16.9. The van der Waals surface area contributed by atoms with Gasteiger partial charge in [-0.3, -0.25) is 13.9 Å². The summed E-state index contributed by atoms with van der Waals surface area (Å²) in [5, 5.41) is 9.11. The molecule has 0 aromatic heterocycles. The average Bonchev–Trinajstić information content (AvgIpc) is 1.59. The van der Waals surface area contributed by atoms with Crippen molar-refractivity contribution in [2.45, 2.75) is 153 Å². The molecule has 810 valence electrons. The van der Waals surface area contributed by atoms with Crippen LogP contribution in [0.4, 0.5) is 22.7 Å². The molecule has 4 aromatic carbocycles. The average molecular weight is 2190 g/mol. The van der Waals surface area contributed by atoms with E-state index in [-0.39, 0.29) is 90.6 Å². The molecular formula is C95H130N4O38S8-4. The Morgan fingerprint density at radius 1 is 0.345 bits per heavy atom. The number of ketones is 1. The highest BCUT2D eigenvalue weighted by Crippen LogP contribution is 2.53. The van der Waals surface area contributed by atoms with Crippen molar-refractivity contribution in [1.82, 2.24) is 0 Å². The Kier molecular flexibility index (Phi) is 49.2. The van der Waals surface area contributed by atoms with Gasteiger partial charge >= 0.3 is 5.97 Å². The van der Waals surface area contributed by atoms with E-state index in [0.717, 1.165) is 6.07 Å². The van der Waals surface area contributed by atoms with Gasteiger partial charge in [-0.2, -0.15) is 26.0 Å². The lowest BCUT2D eigenvalue weighted by molar-refractivity contribution is -0.438. The molecule has 4 heterocycles. The van der Waals surface area contributed by atoms with Gasteiger partial charge in [0.05, 0.1) is 203 Å². The summed E-state index contributed by atoms with van der Waals surface area (Å²) < 4.78 is 349. The van der Waals surface area contributed by atoms with E-state index in [9.17, 15) is 113 Å². The van der Waals surface area contributed by atoms with E-state index in [1.54, 1.807) is 132 Å². The van der Waals surface area contributed by atoms with Crippen LogP contribution in [0.5, 0.6) is 0 Å². The molecule has 50 heteroatoms. The summed E-state index contributed by atoms with van der Waals surface area (Å²) in [7, 11) is -35.0. The summed E-state index contributed by atoms with van der Waals surface area (Å²) in [6, 6.07) is 15.5. The van der Waals surface area contributed by atoms with Gasteiger partial charge in [-0.25, -0.2) is 50.5 Å². The Bertz CT molecular complexity index is 6360. The highest BCUT2D eigenvalue weighted by Gasteiger charge is 2.51. The normalized spacial score (nSPS) is 19.2. The molecule has 0 fully saturated rings. The first-order valence-corrected chi connectivity index (χ1v) is 58.5. The van der Waals surface area contributed by atoms with E-state index < -0.39 is 151 Å². The summed E-state index contributed by atoms with van der Waals surface area (Å²) in [5.41, 5.74) is 0.288. The number of nitrogens with zero attached hydrogens (tertiary/aromatic N) is 4. The number of benzene rings is 4. The van der Waals surface area contributed by atoms with Gasteiger partial charge < -0.3 is 99.1 Å². The van der Waals surface area contributed by atoms with Crippen molar-refractivity contribution in [3.05, 3.63) is 192 Å². The summed E-state index contributed by atoms with van der Waals surface area (Å²) in [6.45, 7) is 16.1. The Morgan fingerprint density at radius 3 is 0.910 bits per heavy atom. The molecule has 0 radical (unpaired) electrons. The molecule has 3 N–H and O–H groups in total. The number of ether oxygens (including phenoxy) is 11. The molecule has 145 heavy (non-hydrogen) atoms. The molecule has 42 nitrogen and oxygen atoms in total. The number of rotatable bonds is 69. The summed E-state index contributed by atoms with van der Waals surface area (Å²) in [5.74, 6) is -4.10. The molecule has 0 saturated carbocycles. The van der Waals surface area contributed by atoms with E-state index in [2.05, 4.69) is 0 Å². The third-order valence-electron chi connectivity index (χ3n) is 24.4. The van der Waals surface area contributed by atoms with Gasteiger partial charge in [0.2, 0.25) is 11.4 Å². The molecule has 4 aliphatic rings. The number of hydrogen-bond donors (Lipinski definition) is 3. The van der Waals surface area contributed by atoms with Crippen LogP contribution in [0, 0.1) is 0 Å². The number of methoxy groups -OCH3 is 2. The van der Waals surface area contributed by atoms with Gasteiger partial charge in [0.25, 0.3) is 20.2 Å².